The van der Waals surface area contributed by atoms with E-state index in [-0.39, 0.29) is 22.5 Å². The zero-order valence-corrected chi connectivity index (χ0v) is 18.5. The number of pyridine rings is 2. The predicted molar refractivity (Wildman–Crippen MR) is 116 cm³/mol. The van der Waals surface area contributed by atoms with E-state index in [0.717, 1.165) is 25.0 Å². The monoisotopic (exact) mass is 477 g/mol. The summed E-state index contributed by atoms with van der Waals surface area (Å²) < 4.78 is 52.9. The summed E-state index contributed by atoms with van der Waals surface area (Å²) in [5.41, 5.74) is 1.97. The molecule has 1 N–H and O–H groups in total. The lowest BCUT2D eigenvalue weighted by Gasteiger charge is -2.14. The molecule has 2 heterocycles. The van der Waals surface area contributed by atoms with Crippen LogP contribution in [0.5, 0.6) is 0 Å². The molecule has 0 radical (unpaired) electrons. The lowest BCUT2D eigenvalue weighted by molar-refractivity contribution is -0.117. The SMILES string of the molecule is Cc1c(-c2ccnc(NC(=O)C3CC3)c2)cnc(Cl)c1CS(=O)(=O)c1ccc(F)cc1F. The molecule has 6 nitrogen and oxygen atoms in total. The van der Waals surface area contributed by atoms with Crippen LogP contribution in [0.3, 0.4) is 0 Å². The predicted octanol–water partition coefficient (Wildman–Crippen LogP) is 4.71. The van der Waals surface area contributed by atoms with Gasteiger partial charge in [0.1, 0.15) is 27.5 Å². The van der Waals surface area contributed by atoms with E-state index in [1.54, 1.807) is 19.1 Å². The highest BCUT2D eigenvalue weighted by Crippen LogP contribution is 2.33. The second kappa shape index (κ2) is 8.55. The molecule has 0 bridgehead atoms. The Bertz CT molecular complexity index is 1330. The number of hydrogen-bond donors (Lipinski definition) is 1. The number of halogens is 3. The fourth-order valence-electron chi connectivity index (χ4n) is 3.31. The Morgan fingerprint density at radius 3 is 2.62 bits per heavy atom. The van der Waals surface area contributed by atoms with Crippen LogP contribution in [0.25, 0.3) is 11.1 Å². The Kier molecular flexibility index (Phi) is 5.96. The fourth-order valence-corrected chi connectivity index (χ4v) is 5.16. The molecule has 1 amide bonds. The van der Waals surface area contributed by atoms with Crippen molar-refractivity contribution >= 4 is 33.2 Å². The van der Waals surface area contributed by atoms with Crippen molar-refractivity contribution in [3.05, 3.63) is 70.6 Å². The van der Waals surface area contributed by atoms with Crippen LogP contribution in [0.4, 0.5) is 14.6 Å². The van der Waals surface area contributed by atoms with Gasteiger partial charge in [0, 0.05) is 35.5 Å². The van der Waals surface area contributed by atoms with Gasteiger partial charge >= 0.3 is 0 Å². The first-order chi connectivity index (χ1) is 15.2. The molecule has 1 aliphatic carbocycles. The average Bonchev–Trinajstić information content (AvgIpc) is 3.56. The minimum Gasteiger partial charge on any atom is -0.310 e. The van der Waals surface area contributed by atoms with Crippen molar-refractivity contribution < 1.29 is 22.0 Å². The Labute approximate surface area is 188 Å². The minimum atomic E-state index is -4.17. The van der Waals surface area contributed by atoms with E-state index < -0.39 is 32.1 Å². The van der Waals surface area contributed by atoms with E-state index in [4.69, 9.17) is 11.6 Å². The molecule has 0 saturated heterocycles. The van der Waals surface area contributed by atoms with E-state index in [2.05, 4.69) is 15.3 Å². The van der Waals surface area contributed by atoms with E-state index in [9.17, 15) is 22.0 Å². The second-order valence-corrected chi connectivity index (χ2v) is 9.91. The molecule has 1 aliphatic rings. The van der Waals surface area contributed by atoms with Gasteiger partial charge in [-0.1, -0.05) is 11.6 Å². The topological polar surface area (TPSA) is 89.0 Å². The van der Waals surface area contributed by atoms with Gasteiger partial charge in [-0.3, -0.25) is 4.79 Å². The van der Waals surface area contributed by atoms with E-state index >= 15 is 0 Å². The lowest BCUT2D eigenvalue weighted by Crippen LogP contribution is -2.14. The van der Waals surface area contributed by atoms with Crippen molar-refractivity contribution in [2.24, 2.45) is 5.92 Å². The van der Waals surface area contributed by atoms with Crippen molar-refractivity contribution in [1.82, 2.24) is 9.97 Å². The molecule has 0 aliphatic heterocycles. The molecule has 32 heavy (non-hydrogen) atoms. The van der Waals surface area contributed by atoms with E-state index in [0.29, 0.717) is 28.6 Å². The van der Waals surface area contributed by atoms with E-state index in [1.807, 2.05) is 0 Å². The van der Waals surface area contributed by atoms with Crippen molar-refractivity contribution in [2.75, 3.05) is 5.32 Å². The van der Waals surface area contributed by atoms with Crippen LogP contribution in [-0.4, -0.2) is 24.3 Å². The molecule has 1 saturated carbocycles. The molecule has 3 aromatic rings. The van der Waals surface area contributed by atoms with Gasteiger partial charge in [-0.05, 0) is 55.2 Å². The van der Waals surface area contributed by atoms with Crippen LogP contribution in [-0.2, 0) is 20.4 Å². The van der Waals surface area contributed by atoms with Gasteiger partial charge in [0.15, 0.2) is 9.84 Å². The molecule has 1 aromatic carbocycles. The summed E-state index contributed by atoms with van der Waals surface area (Å²) in [5.74, 6) is -2.36. The van der Waals surface area contributed by atoms with E-state index in [1.165, 1.54) is 12.4 Å². The number of anilines is 1. The van der Waals surface area contributed by atoms with Crippen LogP contribution >= 0.6 is 11.6 Å². The first kappa shape index (κ1) is 22.3. The summed E-state index contributed by atoms with van der Waals surface area (Å²) in [7, 11) is -4.17. The molecule has 0 atom stereocenters. The Balaban J connectivity index is 1.68. The third-order valence-corrected chi connectivity index (χ3v) is 7.24. The highest BCUT2D eigenvalue weighted by molar-refractivity contribution is 7.90. The maximum absolute atomic E-state index is 14.1. The van der Waals surface area contributed by atoms with Gasteiger partial charge in [-0.25, -0.2) is 27.2 Å². The molecule has 1 fully saturated rings. The van der Waals surface area contributed by atoms with Gasteiger partial charge in [-0.15, -0.1) is 0 Å². The first-order valence-electron chi connectivity index (χ1n) is 9.75. The molecule has 10 heteroatoms. The highest BCUT2D eigenvalue weighted by atomic mass is 35.5. The summed E-state index contributed by atoms with van der Waals surface area (Å²) in [4.78, 5) is 19.7. The van der Waals surface area contributed by atoms with Gasteiger partial charge in [0.05, 0.1) is 5.75 Å². The van der Waals surface area contributed by atoms with Crippen LogP contribution in [0.15, 0.2) is 47.6 Å². The van der Waals surface area contributed by atoms with Gasteiger partial charge in [0.25, 0.3) is 0 Å². The number of nitrogens with one attached hydrogen (secondary N) is 1. The quantitative estimate of drug-likeness (QED) is 0.410. The smallest absolute Gasteiger partial charge is 0.228 e. The summed E-state index contributed by atoms with van der Waals surface area (Å²) >= 11 is 6.19. The highest BCUT2D eigenvalue weighted by Gasteiger charge is 2.30. The fraction of sp³-hybridized carbons (Fsp3) is 0.227. The molecular weight excluding hydrogens is 460 g/mol. The maximum Gasteiger partial charge on any atom is 0.228 e. The number of carbonyl (C=O) groups excluding carboxylic acids is 1. The van der Waals surface area contributed by atoms with Crippen LogP contribution in [0, 0.1) is 24.5 Å². The number of benzene rings is 1. The molecular formula is C22H18ClF2N3O3S. The largest absolute Gasteiger partial charge is 0.310 e. The Morgan fingerprint density at radius 2 is 1.94 bits per heavy atom. The summed E-state index contributed by atoms with van der Waals surface area (Å²) in [6.07, 6.45) is 4.74. The maximum atomic E-state index is 14.1. The van der Waals surface area contributed by atoms with Gasteiger partial charge < -0.3 is 5.32 Å². The molecule has 2 aromatic heterocycles. The number of hydrogen-bond acceptors (Lipinski definition) is 5. The van der Waals surface area contributed by atoms with Crippen LogP contribution < -0.4 is 5.32 Å². The number of amides is 1. The minimum absolute atomic E-state index is 0.0167. The van der Waals surface area contributed by atoms with Crippen molar-refractivity contribution in [1.29, 1.82) is 0 Å². The van der Waals surface area contributed by atoms with Crippen molar-refractivity contribution in [3.63, 3.8) is 0 Å². The molecule has 4 rings (SSSR count). The van der Waals surface area contributed by atoms with Crippen molar-refractivity contribution in [3.8, 4) is 11.1 Å². The summed E-state index contributed by atoms with van der Waals surface area (Å²) in [5, 5.41) is 2.73. The molecule has 0 spiro atoms. The third-order valence-electron chi connectivity index (χ3n) is 5.25. The number of carbonyl (C=O) groups is 1. The number of rotatable bonds is 6. The van der Waals surface area contributed by atoms with Crippen LogP contribution in [0.1, 0.15) is 24.0 Å². The zero-order valence-electron chi connectivity index (χ0n) is 16.9. The normalized spacial score (nSPS) is 13.8. The van der Waals surface area contributed by atoms with Gasteiger partial charge in [0.2, 0.25) is 5.91 Å². The Morgan fingerprint density at radius 1 is 1.19 bits per heavy atom. The first-order valence-corrected chi connectivity index (χ1v) is 11.8. The third kappa shape index (κ3) is 4.63. The standard InChI is InChI=1S/C22H18ClF2N3O3S/c1-12-16(14-6-7-26-20(8-14)28-22(29)13-2-3-13)10-27-21(23)17(12)11-32(30,31)19-5-4-15(24)9-18(19)25/h4-10,13H,2-3,11H2,1H3,(H,26,28,29). The van der Waals surface area contributed by atoms with Crippen molar-refractivity contribution in [2.45, 2.75) is 30.4 Å². The number of sulfone groups is 1. The molecule has 0 unspecified atom stereocenters. The number of nitrogens with zero attached hydrogens (tertiary/aromatic N) is 2. The summed E-state index contributed by atoms with van der Waals surface area (Å²) in [6, 6.07) is 5.65. The average molecular weight is 478 g/mol. The number of aromatic nitrogens is 2. The van der Waals surface area contributed by atoms with Gasteiger partial charge in [-0.2, -0.15) is 0 Å². The molecule has 166 valence electrons. The second-order valence-electron chi connectivity index (χ2n) is 7.59. The summed E-state index contributed by atoms with van der Waals surface area (Å²) in [6.45, 7) is 1.68. The lowest BCUT2D eigenvalue weighted by atomic mass is 10.0. The van der Waals surface area contributed by atoms with Crippen LogP contribution in [0.2, 0.25) is 5.15 Å². The zero-order chi connectivity index (χ0) is 23.0. The Hall–Kier alpha value is -2.91.